The summed E-state index contributed by atoms with van der Waals surface area (Å²) < 4.78 is 5.21. The van der Waals surface area contributed by atoms with Crippen molar-refractivity contribution < 1.29 is 9.32 Å². The summed E-state index contributed by atoms with van der Waals surface area (Å²) >= 11 is 1.55. The lowest BCUT2D eigenvalue weighted by Gasteiger charge is -2.11. The summed E-state index contributed by atoms with van der Waals surface area (Å²) in [6, 6.07) is 5.82. The Morgan fingerprint density at radius 2 is 2.12 bits per heavy atom. The molecule has 7 heteroatoms. The summed E-state index contributed by atoms with van der Waals surface area (Å²) in [7, 11) is 0. The van der Waals surface area contributed by atoms with Crippen LogP contribution in [0.3, 0.4) is 0 Å². The normalized spacial score (nSPS) is 10.8. The molecule has 0 aliphatic carbocycles. The van der Waals surface area contributed by atoms with Crippen LogP contribution in [-0.4, -0.2) is 21.0 Å². The fourth-order valence-corrected chi connectivity index (χ4v) is 3.15. The van der Waals surface area contributed by atoms with E-state index in [4.69, 9.17) is 4.52 Å². The number of aromatic nitrogens is 3. The molecule has 3 rings (SSSR count). The summed E-state index contributed by atoms with van der Waals surface area (Å²) in [5.41, 5.74) is 3.54. The molecule has 0 fully saturated rings. The van der Waals surface area contributed by atoms with Gasteiger partial charge in [-0.3, -0.25) is 9.78 Å². The first-order valence-corrected chi connectivity index (χ1v) is 8.52. The lowest BCUT2D eigenvalue weighted by Crippen LogP contribution is -2.15. The number of carbonyl (C=O) groups is 1. The number of carbonyl (C=O) groups excluding carboxylic acids is 1. The first-order chi connectivity index (χ1) is 11.5. The molecular formula is C17H18N4O2S. The van der Waals surface area contributed by atoms with Crippen LogP contribution in [0.15, 0.2) is 28.1 Å². The van der Waals surface area contributed by atoms with E-state index in [-0.39, 0.29) is 12.3 Å². The van der Waals surface area contributed by atoms with Gasteiger partial charge in [0.15, 0.2) is 0 Å². The Morgan fingerprint density at radius 3 is 2.83 bits per heavy atom. The molecule has 0 saturated carbocycles. The summed E-state index contributed by atoms with van der Waals surface area (Å²) in [5.74, 6) is 0.932. The topological polar surface area (TPSA) is 80.9 Å². The molecule has 0 aliphatic rings. The van der Waals surface area contributed by atoms with Crippen molar-refractivity contribution in [3.63, 3.8) is 0 Å². The fraction of sp³-hybridized carbons (Fsp3) is 0.294. The quantitative estimate of drug-likeness (QED) is 0.765. The lowest BCUT2D eigenvalue weighted by molar-refractivity contribution is -0.116. The van der Waals surface area contributed by atoms with Gasteiger partial charge in [-0.2, -0.15) is 4.98 Å². The van der Waals surface area contributed by atoms with Crippen molar-refractivity contribution in [1.29, 1.82) is 0 Å². The summed E-state index contributed by atoms with van der Waals surface area (Å²) in [6.07, 6.45) is 0.681. The van der Waals surface area contributed by atoms with Gasteiger partial charge in [-0.25, -0.2) is 0 Å². The van der Waals surface area contributed by atoms with Crippen LogP contribution >= 0.6 is 11.3 Å². The Morgan fingerprint density at radius 1 is 1.29 bits per heavy atom. The van der Waals surface area contributed by atoms with Crippen LogP contribution in [0.5, 0.6) is 0 Å². The second kappa shape index (κ2) is 6.92. The van der Waals surface area contributed by atoms with E-state index in [1.165, 1.54) is 0 Å². The molecule has 0 bridgehead atoms. The van der Waals surface area contributed by atoms with Crippen LogP contribution in [0.4, 0.5) is 5.69 Å². The van der Waals surface area contributed by atoms with Gasteiger partial charge in [-0.1, -0.05) is 11.2 Å². The zero-order chi connectivity index (χ0) is 17.1. The molecule has 24 heavy (non-hydrogen) atoms. The minimum absolute atomic E-state index is 0.0947. The molecule has 0 atom stereocenters. The summed E-state index contributed by atoms with van der Waals surface area (Å²) in [6.45, 7) is 5.79. The third kappa shape index (κ3) is 3.68. The molecular weight excluding hydrogens is 324 g/mol. The van der Waals surface area contributed by atoms with Gasteiger partial charge < -0.3 is 9.84 Å². The summed E-state index contributed by atoms with van der Waals surface area (Å²) in [5, 5.41) is 8.82. The first-order valence-electron chi connectivity index (χ1n) is 7.64. The Bertz CT molecular complexity index is 832. The molecule has 3 aromatic rings. The number of amides is 1. The minimum atomic E-state index is -0.0947. The van der Waals surface area contributed by atoms with Gasteiger partial charge in [-0.15, -0.1) is 11.3 Å². The molecule has 3 aromatic heterocycles. The molecule has 0 saturated heterocycles. The Hall–Kier alpha value is -2.54. The van der Waals surface area contributed by atoms with E-state index < -0.39 is 0 Å². The minimum Gasteiger partial charge on any atom is -0.339 e. The van der Waals surface area contributed by atoms with Gasteiger partial charge >= 0.3 is 0 Å². The second-order valence-corrected chi connectivity index (χ2v) is 6.53. The van der Waals surface area contributed by atoms with E-state index in [0.717, 1.165) is 27.5 Å². The third-order valence-corrected chi connectivity index (χ3v) is 4.43. The van der Waals surface area contributed by atoms with E-state index in [0.29, 0.717) is 18.1 Å². The number of nitrogens with zero attached hydrogens (tertiary/aromatic N) is 3. The highest BCUT2D eigenvalue weighted by molar-refractivity contribution is 7.13. The number of anilines is 1. The molecule has 124 valence electrons. The van der Waals surface area contributed by atoms with Gasteiger partial charge in [-0.05, 0) is 43.8 Å². The third-order valence-electron chi connectivity index (χ3n) is 3.57. The van der Waals surface area contributed by atoms with Crippen LogP contribution in [0, 0.1) is 20.8 Å². The van der Waals surface area contributed by atoms with Crippen LogP contribution in [0.2, 0.25) is 0 Å². The van der Waals surface area contributed by atoms with E-state index in [1.807, 2.05) is 44.4 Å². The van der Waals surface area contributed by atoms with Crippen molar-refractivity contribution >= 4 is 22.9 Å². The van der Waals surface area contributed by atoms with Gasteiger partial charge in [0.2, 0.25) is 17.6 Å². The van der Waals surface area contributed by atoms with Gasteiger partial charge in [0.25, 0.3) is 0 Å². The maximum absolute atomic E-state index is 12.2. The molecule has 6 nitrogen and oxygen atoms in total. The van der Waals surface area contributed by atoms with Crippen LogP contribution in [0.25, 0.3) is 10.7 Å². The number of thiophene rings is 1. The SMILES string of the molecule is Cc1cc(C)c(NC(=O)CCc2nc(-c3cccs3)no2)c(C)n1. The van der Waals surface area contributed by atoms with Crippen molar-refractivity contribution in [2.24, 2.45) is 0 Å². The molecule has 1 N–H and O–H groups in total. The summed E-state index contributed by atoms with van der Waals surface area (Å²) in [4.78, 5) is 21.8. The van der Waals surface area contributed by atoms with Crippen molar-refractivity contribution in [3.05, 3.63) is 46.4 Å². The van der Waals surface area contributed by atoms with Crippen LogP contribution in [-0.2, 0) is 11.2 Å². The average Bonchev–Trinajstić information content (AvgIpc) is 3.19. The number of pyridine rings is 1. The molecule has 1 amide bonds. The largest absolute Gasteiger partial charge is 0.339 e. The van der Waals surface area contributed by atoms with Crippen molar-refractivity contribution in [2.45, 2.75) is 33.6 Å². The van der Waals surface area contributed by atoms with E-state index >= 15 is 0 Å². The van der Waals surface area contributed by atoms with Gasteiger partial charge in [0.1, 0.15) is 0 Å². The van der Waals surface area contributed by atoms with Crippen LogP contribution < -0.4 is 5.32 Å². The molecule has 0 radical (unpaired) electrons. The number of aryl methyl sites for hydroxylation is 4. The Kier molecular flexibility index (Phi) is 4.71. The maximum Gasteiger partial charge on any atom is 0.227 e. The Labute approximate surface area is 143 Å². The standard InChI is InChI=1S/C17H18N4O2S/c1-10-9-11(2)18-12(3)16(10)19-14(22)6-7-15-20-17(21-23-15)13-5-4-8-24-13/h4-5,8-9H,6-7H2,1-3H3,(H,19,22). The smallest absolute Gasteiger partial charge is 0.227 e. The van der Waals surface area contributed by atoms with Gasteiger partial charge in [0.05, 0.1) is 16.3 Å². The number of hydrogen-bond donors (Lipinski definition) is 1. The Balaban J connectivity index is 1.60. The predicted octanol–water partition coefficient (Wildman–Crippen LogP) is 3.69. The highest BCUT2D eigenvalue weighted by atomic mass is 32.1. The van der Waals surface area contributed by atoms with E-state index in [1.54, 1.807) is 11.3 Å². The zero-order valence-electron chi connectivity index (χ0n) is 13.8. The fourth-order valence-electron chi connectivity index (χ4n) is 2.50. The lowest BCUT2D eigenvalue weighted by atomic mass is 10.1. The number of rotatable bonds is 5. The highest BCUT2D eigenvalue weighted by Crippen LogP contribution is 2.22. The monoisotopic (exact) mass is 342 g/mol. The highest BCUT2D eigenvalue weighted by Gasteiger charge is 2.13. The maximum atomic E-state index is 12.2. The van der Waals surface area contributed by atoms with E-state index in [9.17, 15) is 4.79 Å². The van der Waals surface area contributed by atoms with Crippen molar-refractivity contribution in [2.75, 3.05) is 5.32 Å². The van der Waals surface area contributed by atoms with Crippen molar-refractivity contribution in [3.8, 4) is 10.7 Å². The van der Waals surface area contributed by atoms with Gasteiger partial charge in [0, 0.05) is 18.5 Å². The molecule has 0 aliphatic heterocycles. The van der Waals surface area contributed by atoms with Crippen LogP contribution in [0.1, 0.15) is 29.3 Å². The molecule has 3 heterocycles. The number of hydrogen-bond acceptors (Lipinski definition) is 6. The molecule has 0 unspecified atom stereocenters. The average molecular weight is 342 g/mol. The molecule has 0 aromatic carbocycles. The number of nitrogens with one attached hydrogen (secondary N) is 1. The predicted molar refractivity (Wildman–Crippen MR) is 93.0 cm³/mol. The zero-order valence-corrected chi connectivity index (χ0v) is 14.6. The molecule has 0 spiro atoms. The first kappa shape index (κ1) is 16.3. The second-order valence-electron chi connectivity index (χ2n) is 5.58. The van der Waals surface area contributed by atoms with Crippen molar-refractivity contribution in [1.82, 2.24) is 15.1 Å². The van der Waals surface area contributed by atoms with E-state index in [2.05, 4.69) is 20.4 Å².